The van der Waals surface area contributed by atoms with Crippen LogP contribution >= 0.6 is 11.8 Å². The van der Waals surface area contributed by atoms with Gasteiger partial charge in [-0.1, -0.05) is 42.1 Å². The Morgan fingerprint density at radius 2 is 1.70 bits per heavy atom. The Bertz CT molecular complexity index is 844. The van der Waals surface area contributed by atoms with E-state index in [-0.39, 0.29) is 11.7 Å². The molecule has 3 rings (SSSR count). The third-order valence-electron chi connectivity index (χ3n) is 3.23. The van der Waals surface area contributed by atoms with Crippen LogP contribution in [0.15, 0.2) is 53.7 Å². The van der Waals surface area contributed by atoms with Crippen molar-refractivity contribution in [1.82, 2.24) is 9.97 Å². The van der Waals surface area contributed by atoms with E-state index in [4.69, 9.17) is 4.74 Å². The van der Waals surface area contributed by atoms with Crippen molar-refractivity contribution in [3.63, 3.8) is 0 Å². The molecule has 23 heavy (non-hydrogen) atoms. The molecule has 0 spiro atoms. The van der Waals surface area contributed by atoms with Crippen molar-refractivity contribution in [3.8, 4) is 5.75 Å². The number of aromatic nitrogens is 2. The molecule has 0 N–H and O–H groups in total. The highest BCUT2D eigenvalue weighted by atomic mass is 32.2. The van der Waals surface area contributed by atoms with Gasteiger partial charge in [-0.05, 0) is 42.8 Å². The van der Waals surface area contributed by atoms with Crippen LogP contribution in [0.25, 0.3) is 10.8 Å². The predicted octanol–water partition coefficient (Wildman–Crippen LogP) is 3.94. The van der Waals surface area contributed by atoms with Crippen LogP contribution in [0, 0.1) is 13.8 Å². The molecule has 4 nitrogen and oxygen atoms in total. The molecule has 0 aliphatic carbocycles. The zero-order valence-electron chi connectivity index (χ0n) is 12.9. The molecule has 0 amide bonds. The van der Waals surface area contributed by atoms with Gasteiger partial charge in [-0.25, -0.2) is 9.97 Å². The van der Waals surface area contributed by atoms with Crippen molar-refractivity contribution in [3.05, 3.63) is 59.9 Å². The molecule has 0 bridgehead atoms. The van der Waals surface area contributed by atoms with Gasteiger partial charge in [0.25, 0.3) is 0 Å². The van der Waals surface area contributed by atoms with Gasteiger partial charge in [0.15, 0.2) is 5.16 Å². The lowest BCUT2D eigenvalue weighted by atomic mass is 10.1. The number of hydrogen-bond acceptors (Lipinski definition) is 5. The Labute approximate surface area is 138 Å². The first-order valence-electron chi connectivity index (χ1n) is 7.25. The SMILES string of the molecule is Cc1cc(C)nc(SCC(=O)Oc2ccc3ccccc3c2)n1. The number of esters is 1. The molecule has 0 atom stereocenters. The molecule has 0 saturated heterocycles. The van der Waals surface area contributed by atoms with Gasteiger partial charge in [-0.3, -0.25) is 4.79 Å². The largest absolute Gasteiger partial charge is 0.426 e. The van der Waals surface area contributed by atoms with Crippen LogP contribution in [-0.4, -0.2) is 21.7 Å². The lowest BCUT2D eigenvalue weighted by molar-refractivity contribution is -0.131. The second-order valence-corrected chi connectivity index (χ2v) is 6.15. The smallest absolute Gasteiger partial charge is 0.321 e. The normalized spacial score (nSPS) is 10.7. The maximum absolute atomic E-state index is 12.0. The lowest BCUT2D eigenvalue weighted by Crippen LogP contribution is -2.11. The Morgan fingerprint density at radius 3 is 2.43 bits per heavy atom. The van der Waals surface area contributed by atoms with Gasteiger partial charge in [0.05, 0.1) is 5.75 Å². The van der Waals surface area contributed by atoms with E-state index in [9.17, 15) is 4.79 Å². The topological polar surface area (TPSA) is 52.1 Å². The zero-order chi connectivity index (χ0) is 16.2. The van der Waals surface area contributed by atoms with Gasteiger partial charge < -0.3 is 4.74 Å². The maximum Gasteiger partial charge on any atom is 0.321 e. The molecule has 3 aromatic rings. The fraction of sp³-hybridized carbons (Fsp3) is 0.167. The molecule has 0 fully saturated rings. The lowest BCUT2D eigenvalue weighted by Gasteiger charge is -2.06. The van der Waals surface area contributed by atoms with E-state index < -0.39 is 0 Å². The van der Waals surface area contributed by atoms with E-state index in [1.165, 1.54) is 11.8 Å². The molecule has 5 heteroatoms. The molecule has 1 heterocycles. The summed E-state index contributed by atoms with van der Waals surface area (Å²) < 4.78 is 5.39. The number of carbonyl (C=O) groups is 1. The van der Waals surface area contributed by atoms with E-state index in [0.29, 0.717) is 10.9 Å². The average Bonchev–Trinajstić information content (AvgIpc) is 2.52. The summed E-state index contributed by atoms with van der Waals surface area (Å²) in [5.41, 5.74) is 1.78. The molecule has 116 valence electrons. The molecule has 0 unspecified atom stereocenters. The van der Waals surface area contributed by atoms with Crippen LogP contribution in [-0.2, 0) is 4.79 Å². The van der Waals surface area contributed by atoms with Crippen molar-refractivity contribution >= 4 is 28.5 Å². The van der Waals surface area contributed by atoms with Crippen LogP contribution in [0.4, 0.5) is 0 Å². The number of hydrogen-bond donors (Lipinski definition) is 0. The van der Waals surface area contributed by atoms with Gasteiger partial charge >= 0.3 is 5.97 Å². The first-order chi connectivity index (χ1) is 11.1. The van der Waals surface area contributed by atoms with E-state index >= 15 is 0 Å². The van der Waals surface area contributed by atoms with E-state index in [1.807, 2.05) is 56.3 Å². The minimum atomic E-state index is -0.312. The summed E-state index contributed by atoms with van der Waals surface area (Å²) in [5, 5.41) is 2.76. The Morgan fingerprint density at radius 1 is 1.00 bits per heavy atom. The summed E-state index contributed by atoms with van der Waals surface area (Å²) >= 11 is 1.28. The van der Waals surface area contributed by atoms with Crippen molar-refractivity contribution in [1.29, 1.82) is 0 Å². The maximum atomic E-state index is 12.0. The van der Waals surface area contributed by atoms with Crippen LogP contribution < -0.4 is 4.74 Å². The Kier molecular flexibility index (Phi) is 4.57. The summed E-state index contributed by atoms with van der Waals surface area (Å²) in [7, 11) is 0. The minimum Gasteiger partial charge on any atom is -0.426 e. The molecule has 0 radical (unpaired) electrons. The Balaban J connectivity index is 1.64. The van der Waals surface area contributed by atoms with Gasteiger partial charge in [-0.15, -0.1) is 0 Å². The van der Waals surface area contributed by atoms with Crippen molar-refractivity contribution in [2.75, 3.05) is 5.75 Å². The molecule has 2 aromatic carbocycles. The number of ether oxygens (including phenoxy) is 1. The Hall–Kier alpha value is -2.40. The van der Waals surface area contributed by atoms with E-state index in [2.05, 4.69) is 9.97 Å². The van der Waals surface area contributed by atoms with Crippen molar-refractivity contribution in [2.45, 2.75) is 19.0 Å². The molecule has 0 aliphatic heterocycles. The number of benzene rings is 2. The summed E-state index contributed by atoms with van der Waals surface area (Å²) in [4.78, 5) is 20.6. The minimum absolute atomic E-state index is 0.176. The van der Waals surface area contributed by atoms with Crippen LogP contribution in [0.3, 0.4) is 0 Å². The van der Waals surface area contributed by atoms with Gasteiger partial charge in [0.2, 0.25) is 0 Å². The fourth-order valence-electron chi connectivity index (χ4n) is 2.27. The number of thioether (sulfide) groups is 1. The predicted molar refractivity (Wildman–Crippen MR) is 91.8 cm³/mol. The molecule has 0 saturated carbocycles. The van der Waals surface area contributed by atoms with Gasteiger partial charge in [-0.2, -0.15) is 0 Å². The number of rotatable bonds is 4. The number of nitrogens with zero attached hydrogens (tertiary/aromatic N) is 2. The van der Waals surface area contributed by atoms with Crippen molar-refractivity contribution in [2.24, 2.45) is 0 Å². The summed E-state index contributed by atoms with van der Waals surface area (Å²) in [6, 6.07) is 15.5. The highest BCUT2D eigenvalue weighted by Crippen LogP contribution is 2.21. The highest BCUT2D eigenvalue weighted by molar-refractivity contribution is 7.99. The molecular formula is C18H16N2O2S. The molecule has 0 aliphatic rings. The number of fused-ring (bicyclic) bond motifs is 1. The van der Waals surface area contributed by atoms with E-state index in [1.54, 1.807) is 6.07 Å². The third-order valence-corrected chi connectivity index (χ3v) is 4.05. The zero-order valence-corrected chi connectivity index (χ0v) is 13.8. The standard InChI is InChI=1S/C18H16N2O2S/c1-12-9-13(2)20-18(19-12)23-11-17(21)22-16-8-7-14-5-3-4-6-15(14)10-16/h3-10H,11H2,1-2H3. The summed E-state index contributed by atoms with van der Waals surface area (Å²) in [6.07, 6.45) is 0. The van der Waals surface area contributed by atoms with Crippen LogP contribution in [0.1, 0.15) is 11.4 Å². The molecular weight excluding hydrogens is 308 g/mol. The summed E-state index contributed by atoms with van der Waals surface area (Å²) in [5.74, 6) is 0.416. The van der Waals surface area contributed by atoms with Crippen LogP contribution in [0.2, 0.25) is 0 Å². The van der Waals surface area contributed by atoms with Crippen LogP contribution in [0.5, 0.6) is 5.75 Å². The first-order valence-corrected chi connectivity index (χ1v) is 8.23. The first kappa shape index (κ1) is 15.5. The van der Waals surface area contributed by atoms with Crippen molar-refractivity contribution < 1.29 is 9.53 Å². The molecule has 1 aromatic heterocycles. The second-order valence-electron chi connectivity index (χ2n) is 5.20. The number of carbonyl (C=O) groups excluding carboxylic acids is 1. The van der Waals surface area contributed by atoms with Gasteiger partial charge in [0.1, 0.15) is 5.75 Å². The summed E-state index contributed by atoms with van der Waals surface area (Å²) in [6.45, 7) is 3.82. The quantitative estimate of drug-likeness (QED) is 0.315. The fourth-order valence-corrected chi connectivity index (χ4v) is 3.00. The average molecular weight is 324 g/mol. The van der Waals surface area contributed by atoms with E-state index in [0.717, 1.165) is 22.2 Å². The highest BCUT2D eigenvalue weighted by Gasteiger charge is 2.09. The third kappa shape index (κ3) is 4.07. The number of aryl methyl sites for hydroxylation is 2. The second kappa shape index (κ2) is 6.79. The van der Waals surface area contributed by atoms with Gasteiger partial charge in [0, 0.05) is 11.4 Å². The monoisotopic (exact) mass is 324 g/mol.